The van der Waals surface area contributed by atoms with Crippen molar-refractivity contribution in [2.45, 2.75) is 111 Å². The van der Waals surface area contributed by atoms with Gasteiger partial charge in [0.15, 0.2) is 46.0 Å². The molecule has 1 unspecified atom stereocenters. The number of imide groups is 4. The number of thiophene rings is 4. The Bertz CT molecular complexity index is 6460. The number of hydrogen-bond donors (Lipinski definition) is 4. The van der Waals surface area contributed by atoms with Crippen molar-refractivity contribution in [3.63, 3.8) is 0 Å². The predicted molar refractivity (Wildman–Crippen MR) is 498 cm³/mol. The van der Waals surface area contributed by atoms with E-state index in [0.717, 1.165) is 103 Å². The number of amides is 12. The largest absolute Gasteiger partial charge is 0.493 e. The quantitative estimate of drug-likeness (QED) is 0.0263. The summed E-state index contributed by atoms with van der Waals surface area (Å²) in [4.78, 5) is 158. The Hall–Kier alpha value is -11.9. The molecule has 0 spiro atoms. The van der Waals surface area contributed by atoms with Crippen LogP contribution in [0.2, 0.25) is 0 Å². The molecule has 135 heavy (non-hydrogen) atoms. The van der Waals surface area contributed by atoms with Crippen LogP contribution in [-0.4, -0.2) is 233 Å². The number of benzene rings is 4. The van der Waals surface area contributed by atoms with Crippen LogP contribution in [0, 0.1) is 17.8 Å². The molecular formula is C88H99F3N8O28S8. The molecule has 1 aliphatic carbocycles. The Morgan fingerprint density at radius 3 is 0.844 bits per heavy atom. The number of anilines is 4. The lowest BCUT2D eigenvalue weighted by atomic mass is 10.0. The number of methoxy groups -OCH3 is 4. The van der Waals surface area contributed by atoms with Crippen molar-refractivity contribution in [1.29, 1.82) is 0 Å². The Morgan fingerprint density at radius 2 is 0.630 bits per heavy atom. The van der Waals surface area contributed by atoms with Gasteiger partial charge in [-0.3, -0.25) is 77.1 Å². The van der Waals surface area contributed by atoms with Gasteiger partial charge in [-0.05, 0) is 131 Å². The van der Waals surface area contributed by atoms with Crippen LogP contribution in [0.15, 0.2) is 94.3 Å². The van der Waals surface area contributed by atoms with E-state index in [4.69, 9.17) is 37.9 Å². The van der Waals surface area contributed by atoms with Crippen LogP contribution in [0.4, 0.5) is 33.2 Å². The minimum atomic E-state index is -4.80. The molecular weight excluding hydrogens is 1930 g/mol. The third kappa shape index (κ3) is 24.3. The average molecular weight is 2030 g/mol. The topological polar surface area (TPSA) is 476 Å². The molecule has 36 nitrogen and oxygen atoms in total. The second-order valence-electron chi connectivity index (χ2n) is 31.3. The smallest absolute Gasteiger partial charge is 0.400 e. The molecule has 4 aliphatic heterocycles. The second-order valence-corrected chi connectivity index (χ2v) is 43.6. The minimum absolute atomic E-state index is 0.0691. The normalized spacial score (nSPS) is 15.2. The fourth-order valence-corrected chi connectivity index (χ4v) is 22.3. The zero-order valence-electron chi connectivity index (χ0n) is 75.9. The number of alkyl halides is 3. The predicted octanol–water partition coefficient (Wildman–Crippen LogP) is 13.0. The monoisotopic (exact) mass is 2030 g/mol. The van der Waals surface area contributed by atoms with E-state index >= 15 is 0 Å². The lowest BCUT2D eigenvalue weighted by Gasteiger charge is -2.27. The van der Waals surface area contributed by atoms with Crippen molar-refractivity contribution in [3.8, 4) is 46.0 Å². The van der Waals surface area contributed by atoms with E-state index in [-0.39, 0.29) is 102 Å². The summed E-state index contributed by atoms with van der Waals surface area (Å²) in [5.41, 5.74) is 1.79. The van der Waals surface area contributed by atoms with Crippen LogP contribution < -0.4 is 59.2 Å². The van der Waals surface area contributed by atoms with Crippen LogP contribution in [0.1, 0.15) is 210 Å². The summed E-state index contributed by atoms with van der Waals surface area (Å²) >= 11 is 4.02. The Morgan fingerprint density at radius 1 is 0.385 bits per heavy atom. The molecule has 0 bridgehead atoms. The van der Waals surface area contributed by atoms with Gasteiger partial charge in [0, 0.05) is 65.3 Å². The van der Waals surface area contributed by atoms with Crippen molar-refractivity contribution < 1.29 is 142 Å². The lowest BCUT2D eigenvalue weighted by Crippen LogP contribution is -2.38. The highest BCUT2D eigenvalue weighted by molar-refractivity contribution is 7.91. The highest BCUT2D eigenvalue weighted by Crippen LogP contribution is 2.48. The summed E-state index contributed by atoms with van der Waals surface area (Å²) < 4.78 is 180. The van der Waals surface area contributed by atoms with E-state index in [1.165, 1.54) is 75.1 Å². The van der Waals surface area contributed by atoms with Crippen LogP contribution in [0.25, 0.3) is 0 Å². The number of nitrogens with one attached hydrogen (secondary N) is 4. The van der Waals surface area contributed by atoms with Gasteiger partial charge in [0.1, 0.15) is 65.3 Å². The number of ether oxygens (including phenoxy) is 8. The highest BCUT2D eigenvalue weighted by atomic mass is 32.2. The fraction of sp³-hybridized carbons (Fsp3) is 0.409. The Balaban J connectivity index is 0.000000186. The number of nitrogens with zero attached hydrogens (tertiary/aromatic N) is 4. The Labute approximate surface area is 792 Å². The second kappa shape index (κ2) is 43.4. The summed E-state index contributed by atoms with van der Waals surface area (Å²) in [5, 5.41) is 16.6. The van der Waals surface area contributed by atoms with E-state index < -0.39 is 152 Å². The number of carbonyl (C=O) groups is 12. The molecule has 0 saturated heterocycles. The standard InChI is InChI=1S/C24H30N2O7S2.C22H23F3N2O7S2.C22H24N2O7S2.C20H22N2O7S2/c1-6-14(7-2)21(27)25-22-20-16(12-34-22)23(28)26(24(20)29)17(13-35(5,30)31)15-9-10-18(32-4)19(11-15)33-8-3;1-5-34-16-8-12(6-7-15(16)33-3)14(10-36(4,31)32)27-20(29)13-9-35-19(17(13)21(27)30)26-18(28)11(2)22(23,24)25;1-4-31-17-9-13(7-8-16(17)30-2)15(11-33(3,28)29)24-21(26)14-10-32-20(18(14)22(24)27)23-19(25)12-5-6-12;1-5-29-16-8-12(6-7-15(16)28-3)14(10-31(4,26)27)22-19(24)13-9-30-18(21-11(2)23)17(13)20(22)25/h9-12,14,17H,6-8,13H2,1-5H3,(H,25,27);6-9,11,14H,5,10H2,1-4H3,(H,26,28);7-10,12,15H,4-6,11H2,1-3H3,(H,23,25);6-9,14H,5,10H2,1-4H3,(H,21,23)/t17-;11?,14-;15-;14-/m1111/s1. The van der Waals surface area contributed by atoms with Crippen molar-refractivity contribution >= 4 is 176 Å². The molecule has 4 aromatic heterocycles. The van der Waals surface area contributed by atoms with E-state index in [2.05, 4.69) is 21.3 Å². The lowest BCUT2D eigenvalue weighted by molar-refractivity contribution is -0.175. The van der Waals surface area contributed by atoms with E-state index in [1.54, 1.807) is 82.3 Å². The molecule has 0 radical (unpaired) electrons. The Kier molecular flexibility index (Phi) is 33.8. The third-order valence-electron chi connectivity index (χ3n) is 21.5. The van der Waals surface area contributed by atoms with Gasteiger partial charge in [-0.1, -0.05) is 38.1 Å². The van der Waals surface area contributed by atoms with Crippen LogP contribution in [0.3, 0.4) is 0 Å². The van der Waals surface area contributed by atoms with Gasteiger partial charge in [-0.25, -0.2) is 33.7 Å². The zero-order chi connectivity index (χ0) is 99.7. The van der Waals surface area contributed by atoms with Gasteiger partial charge >= 0.3 is 6.18 Å². The van der Waals surface area contributed by atoms with E-state index in [0.29, 0.717) is 107 Å². The summed E-state index contributed by atoms with van der Waals surface area (Å²) in [6, 6.07) is 14.3. The molecule has 1 saturated carbocycles. The zero-order valence-corrected chi connectivity index (χ0v) is 82.4. The van der Waals surface area contributed by atoms with Crippen LogP contribution in [0.5, 0.6) is 46.0 Å². The van der Waals surface area contributed by atoms with Gasteiger partial charge < -0.3 is 59.2 Å². The maximum Gasteiger partial charge on any atom is 0.400 e. The number of hydrogen-bond acceptors (Lipinski definition) is 32. The average Bonchev–Trinajstić information content (AvgIpc) is 1.60. The molecule has 47 heteroatoms. The molecule has 728 valence electrons. The SMILES string of the molecule is CCOc1cc([C@@H](CS(C)(=O)=O)N2C(=O)c3csc(NC(=O)C(C)C(F)(F)F)c3C2=O)ccc1OC.CCOc1cc([C@@H](CS(C)(=O)=O)N2C(=O)c3csc(NC(=O)C(CC)CC)c3C2=O)ccc1OC.CCOc1cc([C@@H](CS(C)(=O)=O)N2C(=O)c3csc(NC(=O)C4CC4)c3C2=O)ccc1OC.CCOc1cc([C@@H](CS(C)(=O)=O)N2C(=O)c3csc(NC(C)=O)c3C2=O)ccc1OC. The first-order valence-electron chi connectivity index (χ1n) is 41.6. The number of sulfone groups is 4. The van der Waals surface area contributed by atoms with Gasteiger partial charge in [0.05, 0.1) is 147 Å². The molecule has 4 aromatic carbocycles. The molecule has 1 fully saturated rings. The molecule has 8 heterocycles. The third-order valence-corrected chi connectivity index (χ3v) is 28.7. The summed E-state index contributed by atoms with van der Waals surface area (Å²) in [6.45, 7) is 14.2. The minimum Gasteiger partial charge on any atom is -0.493 e. The first kappa shape index (κ1) is 105. The summed E-state index contributed by atoms with van der Waals surface area (Å²) in [5.74, 6) is -9.30. The van der Waals surface area contributed by atoms with Crippen molar-refractivity contribution in [3.05, 3.63) is 161 Å². The number of halogens is 3. The molecule has 4 N–H and O–H groups in total. The van der Waals surface area contributed by atoms with Crippen molar-refractivity contribution in [2.75, 3.05) is 124 Å². The summed E-state index contributed by atoms with van der Waals surface area (Å²) in [7, 11) is -8.66. The van der Waals surface area contributed by atoms with Gasteiger partial charge in [0.25, 0.3) is 47.3 Å². The summed E-state index contributed by atoms with van der Waals surface area (Å²) in [6.07, 6.45) is 2.17. The van der Waals surface area contributed by atoms with Gasteiger partial charge in [0.2, 0.25) is 23.6 Å². The molecule has 12 amide bonds. The maximum absolute atomic E-state index is 13.5. The number of carbonyl (C=O) groups excluding carboxylic acids is 12. The van der Waals surface area contributed by atoms with Gasteiger partial charge in [-0.15, -0.1) is 45.3 Å². The van der Waals surface area contributed by atoms with Crippen LogP contribution >= 0.6 is 45.3 Å². The number of rotatable bonds is 37. The molecule has 5 aliphatic rings. The van der Waals surface area contributed by atoms with Crippen molar-refractivity contribution in [1.82, 2.24) is 19.6 Å². The van der Waals surface area contributed by atoms with E-state index in [1.807, 2.05) is 13.8 Å². The van der Waals surface area contributed by atoms with E-state index in [9.17, 15) is 104 Å². The van der Waals surface area contributed by atoms with Gasteiger partial charge in [-0.2, -0.15) is 13.2 Å². The molecule has 8 aromatic rings. The van der Waals surface area contributed by atoms with Crippen LogP contribution in [-0.2, 0) is 58.5 Å². The molecule has 13 rings (SSSR count). The highest BCUT2D eigenvalue weighted by Gasteiger charge is 2.51. The van der Waals surface area contributed by atoms with Crippen molar-refractivity contribution in [2.24, 2.45) is 17.8 Å². The first-order valence-corrected chi connectivity index (χ1v) is 53.4. The molecule has 5 atom stereocenters. The fourth-order valence-electron chi connectivity index (χ4n) is 14.8. The number of fused-ring (bicyclic) bond motifs is 4. The first-order chi connectivity index (χ1) is 63.5. The maximum atomic E-state index is 13.5.